The van der Waals surface area contributed by atoms with Gasteiger partial charge in [-0.3, -0.25) is 10.1 Å². The number of ether oxygens (including phenoxy) is 1. The number of thiazole rings is 1. The number of nitrogens with one attached hydrogen (secondary N) is 1. The smallest absolute Gasteiger partial charge is 0.264 e. The van der Waals surface area contributed by atoms with Gasteiger partial charge in [0.1, 0.15) is 5.75 Å². The first-order chi connectivity index (χ1) is 12.6. The first kappa shape index (κ1) is 16.5. The van der Waals surface area contributed by atoms with Crippen LogP contribution in [0.4, 0.5) is 5.13 Å². The Morgan fingerprint density at radius 2 is 1.92 bits per heavy atom. The van der Waals surface area contributed by atoms with Gasteiger partial charge in [0.15, 0.2) is 11.7 Å². The third-order valence-corrected chi connectivity index (χ3v) is 5.10. The molecule has 3 aromatic carbocycles. The third-order valence-electron chi connectivity index (χ3n) is 4.18. The molecule has 1 heterocycles. The normalized spacial score (nSPS) is 11.0. The van der Waals surface area contributed by atoms with Crippen molar-refractivity contribution < 1.29 is 9.53 Å². The van der Waals surface area contributed by atoms with Crippen LogP contribution in [0.3, 0.4) is 0 Å². The second kappa shape index (κ2) is 6.77. The van der Waals surface area contributed by atoms with Gasteiger partial charge in [-0.25, -0.2) is 4.98 Å². The molecule has 0 atom stereocenters. The summed E-state index contributed by atoms with van der Waals surface area (Å²) in [4.78, 5) is 16.8. The highest BCUT2D eigenvalue weighted by molar-refractivity contribution is 7.22. The molecule has 0 unspecified atom stereocenters. The van der Waals surface area contributed by atoms with Gasteiger partial charge in [0.25, 0.3) is 5.91 Å². The Morgan fingerprint density at radius 3 is 2.81 bits per heavy atom. The number of rotatable bonds is 4. The lowest BCUT2D eigenvalue weighted by Crippen LogP contribution is -2.20. The molecule has 0 bridgehead atoms. The van der Waals surface area contributed by atoms with Gasteiger partial charge in [-0.05, 0) is 42.5 Å². The van der Waals surface area contributed by atoms with E-state index < -0.39 is 0 Å². The fraction of sp³-hybridized carbons (Fsp3) is 0.143. The minimum Gasteiger partial charge on any atom is -0.483 e. The van der Waals surface area contributed by atoms with Crippen LogP contribution in [-0.4, -0.2) is 17.5 Å². The summed E-state index contributed by atoms with van der Waals surface area (Å²) in [6, 6.07) is 18.0. The average Bonchev–Trinajstić information content (AvgIpc) is 3.02. The quantitative estimate of drug-likeness (QED) is 0.550. The van der Waals surface area contributed by atoms with Crippen molar-refractivity contribution in [2.45, 2.75) is 13.8 Å². The van der Waals surface area contributed by atoms with E-state index in [2.05, 4.69) is 29.4 Å². The molecule has 4 nitrogen and oxygen atoms in total. The third kappa shape index (κ3) is 3.26. The van der Waals surface area contributed by atoms with Crippen molar-refractivity contribution >= 4 is 43.4 Å². The van der Waals surface area contributed by atoms with Crippen LogP contribution in [0.25, 0.3) is 21.0 Å². The Kier molecular flexibility index (Phi) is 4.31. The minimum absolute atomic E-state index is 0.0536. The monoisotopic (exact) mass is 362 g/mol. The highest BCUT2D eigenvalue weighted by atomic mass is 32.1. The van der Waals surface area contributed by atoms with E-state index in [1.807, 2.05) is 49.4 Å². The first-order valence-electron chi connectivity index (χ1n) is 8.38. The Morgan fingerprint density at radius 1 is 1.12 bits per heavy atom. The van der Waals surface area contributed by atoms with E-state index in [0.29, 0.717) is 10.9 Å². The first-order valence-corrected chi connectivity index (χ1v) is 9.20. The van der Waals surface area contributed by atoms with Crippen LogP contribution >= 0.6 is 11.3 Å². The number of hydrogen-bond donors (Lipinski definition) is 1. The van der Waals surface area contributed by atoms with Crippen molar-refractivity contribution in [3.63, 3.8) is 0 Å². The second-order valence-corrected chi connectivity index (χ2v) is 7.29. The maximum atomic E-state index is 12.3. The van der Waals surface area contributed by atoms with Gasteiger partial charge in [0.2, 0.25) is 0 Å². The maximum absolute atomic E-state index is 12.3. The molecule has 0 aliphatic rings. The molecule has 1 N–H and O–H groups in total. The van der Waals surface area contributed by atoms with Gasteiger partial charge in [-0.1, -0.05) is 53.8 Å². The fourth-order valence-corrected chi connectivity index (χ4v) is 4.10. The summed E-state index contributed by atoms with van der Waals surface area (Å²) < 4.78 is 6.81. The van der Waals surface area contributed by atoms with Crippen LogP contribution in [0.2, 0.25) is 0 Å². The van der Waals surface area contributed by atoms with Gasteiger partial charge in [0, 0.05) is 5.39 Å². The zero-order valence-corrected chi connectivity index (χ0v) is 15.4. The summed E-state index contributed by atoms with van der Waals surface area (Å²) in [5, 5.41) is 5.52. The summed E-state index contributed by atoms with van der Waals surface area (Å²) in [5.41, 5.74) is 3.24. The molecule has 0 spiro atoms. The highest BCUT2D eigenvalue weighted by Gasteiger charge is 2.11. The highest BCUT2D eigenvalue weighted by Crippen LogP contribution is 2.29. The lowest BCUT2D eigenvalue weighted by molar-refractivity contribution is -0.118. The molecule has 0 aliphatic carbocycles. The van der Waals surface area contributed by atoms with E-state index in [1.54, 1.807) is 0 Å². The minimum atomic E-state index is -0.216. The number of carbonyl (C=O) groups excluding carboxylic acids is 1. The Bertz CT molecular complexity index is 1110. The van der Waals surface area contributed by atoms with Gasteiger partial charge in [-0.2, -0.15) is 0 Å². The standard InChI is InChI=1S/C21H18N2O2S/c1-13-10-14(2)20-18(11-13)26-21(23-20)22-19(24)12-25-17-9-5-7-15-6-3-4-8-16(15)17/h3-11H,12H2,1-2H3,(H,22,23,24). The summed E-state index contributed by atoms with van der Waals surface area (Å²) in [7, 11) is 0. The number of anilines is 1. The van der Waals surface area contributed by atoms with E-state index in [1.165, 1.54) is 16.9 Å². The maximum Gasteiger partial charge on any atom is 0.264 e. The summed E-state index contributed by atoms with van der Waals surface area (Å²) >= 11 is 1.48. The number of nitrogens with zero attached hydrogens (tertiary/aromatic N) is 1. The van der Waals surface area contributed by atoms with Crippen molar-refractivity contribution in [1.82, 2.24) is 4.98 Å². The van der Waals surface area contributed by atoms with Crippen molar-refractivity contribution in [3.8, 4) is 5.75 Å². The molecule has 1 aromatic heterocycles. The number of carbonyl (C=O) groups is 1. The number of aromatic nitrogens is 1. The molecule has 26 heavy (non-hydrogen) atoms. The van der Waals surface area contributed by atoms with E-state index in [0.717, 1.165) is 26.6 Å². The molecule has 130 valence electrons. The fourth-order valence-electron chi connectivity index (χ4n) is 3.04. The zero-order valence-electron chi connectivity index (χ0n) is 14.6. The predicted octanol–water partition coefficient (Wildman–Crippen LogP) is 5.08. The van der Waals surface area contributed by atoms with Crippen molar-refractivity contribution in [3.05, 3.63) is 65.7 Å². The van der Waals surface area contributed by atoms with Gasteiger partial charge >= 0.3 is 0 Å². The molecule has 0 saturated carbocycles. The lowest BCUT2D eigenvalue weighted by atomic mass is 10.1. The molecular formula is C21H18N2O2S. The number of fused-ring (bicyclic) bond motifs is 2. The number of benzene rings is 3. The second-order valence-electron chi connectivity index (χ2n) is 6.26. The molecule has 0 fully saturated rings. The van der Waals surface area contributed by atoms with Crippen molar-refractivity contribution in [1.29, 1.82) is 0 Å². The van der Waals surface area contributed by atoms with Crippen LogP contribution in [0.1, 0.15) is 11.1 Å². The van der Waals surface area contributed by atoms with E-state index in [4.69, 9.17) is 4.74 Å². The Balaban J connectivity index is 1.48. The number of hydrogen-bond acceptors (Lipinski definition) is 4. The van der Waals surface area contributed by atoms with Crippen molar-refractivity contribution in [2.24, 2.45) is 0 Å². The van der Waals surface area contributed by atoms with Crippen molar-refractivity contribution in [2.75, 3.05) is 11.9 Å². The molecule has 0 aliphatic heterocycles. The van der Waals surface area contributed by atoms with Crippen LogP contribution < -0.4 is 10.1 Å². The van der Waals surface area contributed by atoms with E-state index in [-0.39, 0.29) is 12.5 Å². The Hall–Kier alpha value is -2.92. The zero-order chi connectivity index (χ0) is 18.1. The molecular weight excluding hydrogens is 344 g/mol. The SMILES string of the molecule is Cc1cc(C)c2nc(NC(=O)COc3cccc4ccccc34)sc2c1. The molecule has 1 amide bonds. The van der Waals surface area contributed by atoms with E-state index in [9.17, 15) is 4.79 Å². The number of amides is 1. The average molecular weight is 362 g/mol. The predicted molar refractivity (Wildman–Crippen MR) is 107 cm³/mol. The molecule has 5 heteroatoms. The summed E-state index contributed by atoms with van der Waals surface area (Å²) in [5.74, 6) is 0.486. The summed E-state index contributed by atoms with van der Waals surface area (Å²) in [6.07, 6.45) is 0. The Labute approximate surface area is 155 Å². The van der Waals surface area contributed by atoms with Crippen LogP contribution in [0, 0.1) is 13.8 Å². The molecule has 4 rings (SSSR count). The molecule has 4 aromatic rings. The van der Waals surface area contributed by atoms with Crippen LogP contribution in [0.15, 0.2) is 54.6 Å². The summed E-state index contributed by atoms with van der Waals surface area (Å²) in [6.45, 7) is 4.04. The largest absolute Gasteiger partial charge is 0.483 e. The van der Waals surface area contributed by atoms with Gasteiger partial charge < -0.3 is 4.74 Å². The molecule has 0 saturated heterocycles. The number of aryl methyl sites for hydroxylation is 2. The van der Waals surface area contributed by atoms with Gasteiger partial charge in [-0.15, -0.1) is 0 Å². The van der Waals surface area contributed by atoms with Crippen LogP contribution in [-0.2, 0) is 4.79 Å². The molecule has 0 radical (unpaired) electrons. The van der Waals surface area contributed by atoms with E-state index >= 15 is 0 Å². The lowest BCUT2D eigenvalue weighted by Gasteiger charge is -2.08. The van der Waals surface area contributed by atoms with Crippen LogP contribution in [0.5, 0.6) is 5.75 Å². The van der Waals surface area contributed by atoms with Gasteiger partial charge in [0.05, 0.1) is 10.2 Å². The topological polar surface area (TPSA) is 51.2 Å².